The molecule has 0 aliphatic rings. The van der Waals surface area contributed by atoms with Crippen LogP contribution in [0.5, 0.6) is 5.75 Å². The summed E-state index contributed by atoms with van der Waals surface area (Å²) in [6.07, 6.45) is 0. The van der Waals surface area contributed by atoms with E-state index in [4.69, 9.17) is 9.15 Å². The van der Waals surface area contributed by atoms with Gasteiger partial charge in [-0.05, 0) is 45.4 Å². The van der Waals surface area contributed by atoms with Gasteiger partial charge in [-0.3, -0.25) is 0 Å². The Morgan fingerprint density at radius 3 is 2.61 bits per heavy atom. The molecular weight excluding hydrogens is 354 g/mol. The normalized spacial score (nSPS) is 15.0. The van der Waals surface area contributed by atoms with Crippen molar-refractivity contribution in [3.63, 3.8) is 0 Å². The summed E-state index contributed by atoms with van der Waals surface area (Å²) in [5.41, 5.74) is 0.815. The fourth-order valence-corrected chi connectivity index (χ4v) is 3.26. The zero-order valence-corrected chi connectivity index (χ0v) is 17.8. The van der Waals surface area contributed by atoms with Crippen LogP contribution in [-0.4, -0.2) is 37.8 Å². The molecule has 2 atom stereocenters. The van der Waals surface area contributed by atoms with Gasteiger partial charge >= 0.3 is 0 Å². The van der Waals surface area contributed by atoms with Gasteiger partial charge in [0, 0.05) is 24.6 Å². The predicted molar refractivity (Wildman–Crippen MR) is 113 cm³/mol. The molecule has 0 saturated carbocycles. The molecule has 1 heterocycles. The number of aryl methyl sites for hydroxylation is 2. The second-order valence-electron chi connectivity index (χ2n) is 7.32. The number of aliphatic imine (C=N–C) groups is 1. The van der Waals surface area contributed by atoms with E-state index in [-0.39, 0.29) is 12.5 Å². The summed E-state index contributed by atoms with van der Waals surface area (Å²) in [6.45, 7) is 11.3. The largest absolute Gasteiger partial charge is 0.496 e. The van der Waals surface area contributed by atoms with Crippen LogP contribution in [0.3, 0.4) is 0 Å². The van der Waals surface area contributed by atoms with Crippen LogP contribution < -0.4 is 15.4 Å². The number of nitrogens with zero attached hydrogens (tertiary/aromatic N) is 1. The van der Waals surface area contributed by atoms with E-state index >= 15 is 0 Å². The number of guanidine groups is 1. The third-order valence-corrected chi connectivity index (χ3v) is 4.76. The maximum Gasteiger partial charge on any atom is 0.191 e. The summed E-state index contributed by atoms with van der Waals surface area (Å²) in [5, 5.41) is 17.5. The van der Waals surface area contributed by atoms with Crippen molar-refractivity contribution in [3.05, 3.63) is 53.0 Å². The van der Waals surface area contributed by atoms with Crippen LogP contribution >= 0.6 is 0 Å². The summed E-state index contributed by atoms with van der Waals surface area (Å²) in [5.74, 6) is 3.29. The van der Waals surface area contributed by atoms with Gasteiger partial charge in [-0.15, -0.1) is 0 Å². The van der Waals surface area contributed by atoms with Crippen molar-refractivity contribution < 1.29 is 14.3 Å². The minimum absolute atomic E-state index is 0.227. The summed E-state index contributed by atoms with van der Waals surface area (Å²) in [6, 6.07) is 9.90. The molecule has 1 aromatic carbocycles. The number of aliphatic hydroxyl groups is 1. The Bertz CT molecular complexity index is 796. The molecular formula is C22H33N3O3. The first-order valence-corrected chi connectivity index (χ1v) is 9.73. The van der Waals surface area contributed by atoms with Gasteiger partial charge in [-0.1, -0.05) is 25.1 Å². The summed E-state index contributed by atoms with van der Waals surface area (Å²) < 4.78 is 11.0. The second-order valence-corrected chi connectivity index (χ2v) is 7.32. The number of nitrogens with one attached hydrogen (secondary N) is 2. The van der Waals surface area contributed by atoms with Crippen molar-refractivity contribution >= 4 is 5.96 Å². The van der Waals surface area contributed by atoms with Crippen LogP contribution in [0, 0.1) is 13.8 Å². The molecule has 6 nitrogen and oxygen atoms in total. The number of furan rings is 1. The van der Waals surface area contributed by atoms with Gasteiger partial charge < -0.3 is 24.9 Å². The van der Waals surface area contributed by atoms with Crippen molar-refractivity contribution in [2.45, 2.75) is 46.1 Å². The van der Waals surface area contributed by atoms with Gasteiger partial charge in [0.05, 0.1) is 13.7 Å². The van der Waals surface area contributed by atoms with E-state index < -0.39 is 5.60 Å². The molecule has 28 heavy (non-hydrogen) atoms. The zero-order valence-electron chi connectivity index (χ0n) is 17.8. The van der Waals surface area contributed by atoms with Crippen LogP contribution in [0.15, 0.2) is 39.7 Å². The summed E-state index contributed by atoms with van der Waals surface area (Å²) in [7, 11) is 1.69. The van der Waals surface area contributed by atoms with E-state index in [1.807, 2.05) is 45.0 Å². The van der Waals surface area contributed by atoms with Crippen molar-refractivity contribution in [2.75, 3.05) is 26.7 Å². The van der Waals surface area contributed by atoms with E-state index in [1.165, 1.54) is 0 Å². The minimum Gasteiger partial charge on any atom is -0.496 e. The Hall–Kier alpha value is -2.47. The quantitative estimate of drug-likeness (QED) is 0.477. The average Bonchev–Trinajstić information content (AvgIpc) is 3.02. The highest BCUT2D eigenvalue weighted by Crippen LogP contribution is 2.27. The zero-order chi connectivity index (χ0) is 20.7. The Kier molecular flexibility index (Phi) is 7.52. The third kappa shape index (κ3) is 5.52. The lowest BCUT2D eigenvalue weighted by atomic mass is 9.96. The molecule has 154 valence electrons. The van der Waals surface area contributed by atoms with Gasteiger partial charge in [0.25, 0.3) is 0 Å². The number of rotatable bonds is 8. The lowest BCUT2D eigenvalue weighted by Gasteiger charge is -2.22. The van der Waals surface area contributed by atoms with Crippen molar-refractivity contribution in [1.82, 2.24) is 10.6 Å². The number of hydrogen-bond donors (Lipinski definition) is 3. The molecule has 2 rings (SSSR count). The van der Waals surface area contributed by atoms with Crippen molar-refractivity contribution in [1.29, 1.82) is 0 Å². The number of methoxy groups -OCH3 is 1. The summed E-state index contributed by atoms with van der Waals surface area (Å²) in [4.78, 5) is 4.59. The number of ether oxygens (including phenoxy) is 1. The van der Waals surface area contributed by atoms with Crippen LogP contribution in [0.2, 0.25) is 0 Å². The maximum atomic E-state index is 10.9. The standard InChI is InChI=1S/C22H33N3O3/c1-7-23-21(24-13-15(2)18-10-8-9-11-20(18)27-6)25-14-22(5,26)19-12-16(3)28-17(19)4/h8-12,15,26H,7,13-14H2,1-6H3,(H2,23,24,25). The number of hydrogen-bond acceptors (Lipinski definition) is 4. The summed E-state index contributed by atoms with van der Waals surface area (Å²) >= 11 is 0. The van der Waals surface area contributed by atoms with Crippen LogP contribution in [0.1, 0.15) is 49.3 Å². The molecule has 0 bridgehead atoms. The number of para-hydroxylation sites is 1. The van der Waals surface area contributed by atoms with E-state index in [0.29, 0.717) is 12.5 Å². The van der Waals surface area contributed by atoms with Crippen LogP contribution in [0.4, 0.5) is 0 Å². The Labute approximate surface area is 168 Å². The molecule has 0 aliphatic carbocycles. The van der Waals surface area contributed by atoms with E-state index in [9.17, 15) is 5.11 Å². The first-order chi connectivity index (χ1) is 13.3. The minimum atomic E-state index is -1.10. The first kappa shape index (κ1) is 21.8. The van der Waals surface area contributed by atoms with Crippen LogP contribution in [0.25, 0.3) is 0 Å². The molecule has 0 fully saturated rings. The predicted octanol–water partition coefficient (Wildman–Crippen LogP) is 3.47. The average molecular weight is 388 g/mol. The molecule has 0 spiro atoms. The molecule has 6 heteroatoms. The van der Waals surface area contributed by atoms with Gasteiger partial charge in [0.15, 0.2) is 5.96 Å². The molecule has 1 aromatic heterocycles. The van der Waals surface area contributed by atoms with Crippen molar-refractivity contribution in [3.8, 4) is 5.75 Å². The molecule has 0 amide bonds. The Balaban J connectivity index is 2.06. The highest BCUT2D eigenvalue weighted by atomic mass is 16.5. The SMILES string of the molecule is CCNC(=NCC(C)(O)c1cc(C)oc1C)NCC(C)c1ccccc1OC. The van der Waals surface area contributed by atoms with Crippen molar-refractivity contribution in [2.24, 2.45) is 4.99 Å². The molecule has 0 radical (unpaired) electrons. The molecule has 2 unspecified atom stereocenters. The van der Waals surface area contributed by atoms with Gasteiger partial charge in [-0.25, -0.2) is 4.99 Å². The number of benzene rings is 1. The second kappa shape index (κ2) is 9.64. The first-order valence-electron chi connectivity index (χ1n) is 9.73. The molecule has 2 aromatic rings. The topological polar surface area (TPSA) is 79.0 Å². The smallest absolute Gasteiger partial charge is 0.191 e. The van der Waals surface area contributed by atoms with Gasteiger partial charge in [0.2, 0.25) is 0 Å². The molecule has 3 N–H and O–H groups in total. The Morgan fingerprint density at radius 1 is 1.29 bits per heavy atom. The van der Waals surface area contributed by atoms with E-state index in [1.54, 1.807) is 14.0 Å². The van der Waals surface area contributed by atoms with E-state index in [2.05, 4.69) is 28.6 Å². The highest BCUT2D eigenvalue weighted by Gasteiger charge is 2.27. The van der Waals surface area contributed by atoms with Crippen LogP contribution in [-0.2, 0) is 5.60 Å². The van der Waals surface area contributed by atoms with Gasteiger partial charge in [-0.2, -0.15) is 0 Å². The lowest BCUT2D eigenvalue weighted by molar-refractivity contribution is 0.0657. The van der Waals surface area contributed by atoms with E-state index in [0.717, 1.165) is 34.9 Å². The maximum absolute atomic E-state index is 10.9. The molecule has 0 aliphatic heterocycles. The third-order valence-electron chi connectivity index (χ3n) is 4.76. The molecule has 0 saturated heterocycles. The highest BCUT2D eigenvalue weighted by molar-refractivity contribution is 5.79. The monoisotopic (exact) mass is 387 g/mol. The lowest BCUT2D eigenvalue weighted by Crippen LogP contribution is -2.40. The Morgan fingerprint density at radius 2 is 2.00 bits per heavy atom. The fourth-order valence-electron chi connectivity index (χ4n) is 3.26. The fraction of sp³-hybridized carbons (Fsp3) is 0.500. The van der Waals surface area contributed by atoms with Gasteiger partial charge in [0.1, 0.15) is 22.9 Å².